The van der Waals surface area contributed by atoms with E-state index in [0.29, 0.717) is 19.4 Å². The summed E-state index contributed by atoms with van der Waals surface area (Å²) in [4.78, 5) is 49.8. The molecular formula is C32H54F3N5O5. The molecule has 2 aliphatic heterocycles. The van der Waals surface area contributed by atoms with Gasteiger partial charge in [0.1, 0.15) is 12.1 Å². The number of hydrogen-bond donors (Lipinski definition) is 3. The summed E-state index contributed by atoms with van der Waals surface area (Å²) < 4.78 is 40.2. The number of halogens is 3. The van der Waals surface area contributed by atoms with Crippen LogP contribution in [0.25, 0.3) is 0 Å². The normalized spacial score (nSPS) is 25.4. The summed E-state index contributed by atoms with van der Waals surface area (Å²) >= 11 is 0. The maximum atomic E-state index is 13.1. The predicted octanol–water partition coefficient (Wildman–Crippen LogP) is 4.19. The smallest absolute Gasteiger partial charge is 0.384 e. The zero-order chi connectivity index (χ0) is 35.0. The molecule has 4 amide bonds. The second-order valence-corrected chi connectivity index (χ2v) is 14.1. The minimum atomic E-state index is -4.18. The predicted molar refractivity (Wildman–Crippen MR) is 164 cm³/mol. The van der Waals surface area contributed by atoms with Gasteiger partial charge < -0.3 is 25.6 Å². The van der Waals surface area contributed by atoms with Gasteiger partial charge in [-0.2, -0.15) is 18.4 Å². The van der Waals surface area contributed by atoms with Crippen LogP contribution >= 0.6 is 0 Å². The van der Waals surface area contributed by atoms with E-state index in [9.17, 15) is 37.6 Å². The Bertz CT molecular complexity index is 1070. The third-order valence-electron chi connectivity index (χ3n) is 8.65. The van der Waals surface area contributed by atoms with Crippen LogP contribution in [0.5, 0.6) is 0 Å². The number of rotatable bonds is 9. The molecule has 2 saturated heterocycles. The molecule has 0 aromatic rings. The van der Waals surface area contributed by atoms with E-state index >= 15 is 0 Å². The number of carbonyl (C=O) groups is 4. The molecule has 13 heteroatoms. The maximum absolute atomic E-state index is 13.1. The second-order valence-electron chi connectivity index (χ2n) is 14.1. The molecule has 5 atom stereocenters. The number of likely N-dealkylation sites (tertiary alicyclic amines) is 1. The van der Waals surface area contributed by atoms with E-state index in [1.807, 2.05) is 13.8 Å². The zero-order valence-electron chi connectivity index (χ0n) is 28.6. The summed E-state index contributed by atoms with van der Waals surface area (Å²) in [6.07, 6.45) is -0.776. The molecule has 2 aliphatic carbocycles. The molecule has 2 saturated carbocycles. The Kier molecular flexibility index (Phi) is 14.4. The highest BCUT2D eigenvalue weighted by Gasteiger charge is 2.69. The fourth-order valence-electron chi connectivity index (χ4n) is 5.85. The zero-order valence-corrected chi connectivity index (χ0v) is 28.6. The van der Waals surface area contributed by atoms with Gasteiger partial charge in [0.05, 0.1) is 24.6 Å². The molecule has 45 heavy (non-hydrogen) atoms. The van der Waals surface area contributed by atoms with Crippen LogP contribution in [0.3, 0.4) is 0 Å². The first-order valence-corrected chi connectivity index (χ1v) is 15.8. The summed E-state index contributed by atoms with van der Waals surface area (Å²) in [5.74, 6) is 0.123. The number of hydrogen-bond acceptors (Lipinski definition) is 6. The third kappa shape index (κ3) is 10.6. The van der Waals surface area contributed by atoms with E-state index in [-0.39, 0.29) is 66.0 Å². The van der Waals surface area contributed by atoms with E-state index in [4.69, 9.17) is 0 Å². The van der Waals surface area contributed by atoms with Crippen molar-refractivity contribution in [3.8, 4) is 6.07 Å². The van der Waals surface area contributed by atoms with Gasteiger partial charge in [0.2, 0.25) is 24.1 Å². The van der Waals surface area contributed by atoms with Crippen LogP contribution < -0.4 is 16.0 Å². The lowest BCUT2D eigenvalue weighted by Crippen LogP contribution is -2.53. The lowest BCUT2D eigenvalue weighted by Gasteiger charge is -2.30. The molecule has 3 N–H and O–H groups in total. The first-order chi connectivity index (χ1) is 20.8. The monoisotopic (exact) mass is 645 g/mol. The maximum Gasteiger partial charge on any atom is 0.396 e. The number of nitriles is 1. The SMILES string of the molecule is CC.CC(C)C.CC1(C)C2CN(C(=O)CNC=O)[C@H](C(=O)NC(C#N)CC3CC4(CC4)NC3=O)C21.COCC(C)(C)C(F)(F)F. The van der Waals surface area contributed by atoms with Crippen LogP contribution in [0.4, 0.5) is 13.2 Å². The number of carbonyl (C=O) groups excluding carboxylic acids is 4. The van der Waals surface area contributed by atoms with Crippen molar-refractivity contribution in [3.05, 3.63) is 0 Å². The summed E-state index contributed by atoms with van der Waals surface area (Å²) in [6, 6.07) is 0.672. The largest absolute Gasteiger partial charge is 0.396 e. The molecular weight excluding hydrogens is 591 g/mol. The van der Waals surface area contributed by atoms with E-state index in [0.717, 1.165) is 32.6 Å². The van der Waals surface area contributed by atoms with E-state index in [1.165, 1.54) is 12.0 Å². The van der Waals surface area contributed by atoms with Gasteiger partial charge in [-0.3, -0.25) is 19.2 Å². The van der Waals surface area contributed by atoms with Gasteiger partial charge in [-0.25, -0.2) is 0 Å². The molecule has 4 unspecified atom stereocenters. The van der Waals surface area contributed by atoms with E-state index in [1.54, 1.807) is 0 Å². The van der Waals surface area contributed by atoms with Gasteiger partial charge in [-0.15, -0.1) is 0 Å². The molecule has 0 aromatic heterocycles. The van der Waals surface area contributed by atoms with Crippen LogP contribution in [0.15, 0.2) is 0 Å². The fraction of sp³-hybridized carbons (Fsp3) is 0.844. The summed E-state index contributed by atoms with van der Waals surface area (Å²) in [5, 5.41) is 17.7. The van der Waals surface area contributed by atoms with Gasteiger partial charge in [0, 0.05) is 25.1 Å². The standard InChI is InChI=1S/C20H27N5O4.C6H11F3O.C4H10.C2H6/c1-19(2)13-9-25(14(27)8-22-10-26)16(15(13)19)18(29)23-12(7-21)5-11-6-20(3-4-20)24-17(11)28;1-5(2,4-10-3)6(7,8)9;1-4(2)3;1-2/h10-13,15-16H,3-6,8-9H2,1-2H3,(H,22,26)(H,23,29)(H,24,28);4H2,1-3H3;4H,1-3H3;1-2H3/t11?,12?,13?,15?,16-;;;/m0.../s1. The van der Waals surface area contributed by atoms with Gasteiger partial charge in [0.25, 0.3) is 0 Å². The number of ether oxygens (including phenoxy) is 1. The van der Waals surface area contributed by atoms with Gasteiger partial charge in [-0.1, -0.05) is 48.5 Å². The molecule has 0 bridgehead atoms. The number of fused-ring (bicyclic) bond motifs is 1. The Hall–Kier alpha value is -2.88. The Morgan fingerprint density at radius 1 is 1.20 bits per heavy atom. The molecule has 1 spiro atoms. The first kappa shape index (κ1) is 40.1. The minimum Gasteiger partial charge on any atom is -0.384 e. The van der Waals surface area contributed by atoms with E-state index < -0.39 is 23.7 Å². The summed E-state index contributed by atoms with van der Waals surface area (Å²) in [7, 11) is 1.26. The van der Waals surface area contributed by atoms with E-state index in [2.05, 4.69) is 61.4 Å². The number of alkyl halides is 3. The fourth-order valence-corrected chi connectivity index (χ4v) is 5.85. The van der Waals surface area contributed by atoms with Crippen molar-refractivity contribution in [2.45, 2.75) is 112 Å². The Morgan fingerprint density at radius 3 is 2.16 bits per heavy atom. The second kappa shape index (κ2) is 16.1. The Labute approximate surface area is 266 Å². The van der Waals surface area contributed by atoms with Crippen molar-refractivity contribution >= 4 is 24.1 Å². The van der Waals surface area contributed by atoms with Crippen molar-refractivity contribution in [2.75, 3.05) is 26.8 Å². The lowest BCUT2D eigenvalue weighted by molar-refractivity contribution is -0.224. The van der Waals surface area contributed by atoms with Gasteiger partial charge in [0.15, 0.2) is 0 Å². The Morgan fingerprint density at radius 2 is 1.76 bits per heavy atom. The molecule has 4 rings (SSSR count). The number of nitrogens with one attached hydrogen (secondary N) is 3. The Balaban J connectivity index is 0.000000530. The van der Waals surface area contributed by atoms with Crippen molar-refractivity contribution in [3.63, 3.8) is 0 Å². The minimum absolute atomic E-state index is 0.0338. The molecule has 258 valence electrons. The van der Waals surface area contributed by atoms with Crippen LogP contribution in [0, 0.1) is 45.8 Å². The molecule has 4 fully saturated rings. The summed E-state index contributed by atoms with van der Waals surface area (Å²) in [5.41, 5.74) is -1.85. The lowest BCUT2D eigenvalue weighted by atomic mass is 9.94. The van der Waals surface area contributed by atoms with Crippen LogP contribution in [-0.4, -0.2) is 79.6 Å². The highest BCUT2D eigenvalue weighted by atomic mass is 19.4. The quantitative estimate of drug-likeness (QED) is 0.321. The van der Waals surface area contributed by atoms with Crippen LogP contribution in [0.1, 0.15) is 88.0 Å². The molecule has 2 heterocycles. The number of amides is 4. The highest BCUT2D eigenvalue weighted by Crippen LogP contribution is 2.64. The van der Waals surface area contributed by atoms with Crippen molar-refractivity contribution < 1.29 is 37.1 Å². The van der Waals surface area contributed by atoms with Crippen molar-refractivity contribution in [1.82, 2.24) is 20.9 Å². The molecule has 4 aliphatic rings. The number of methoxy groups -OCH3 is 1. The van der Waals surface area contributed by atoms with Gasteiger partial charge in [-0.05, 0) is 62.7 Å². The average Bonchev–Trinajstić information content (AvgIpc) is 3.66. The highest BCUT2D eigenvalue weighted by molar-refractivity contribution is 5.91. The topological polar surface area (TPSA) is 141 Å². The van der Waals surface area contributed by atoms with Crippen LogP contribution in [0.2, 0.25) is 0 Å². The number of nitrogens with zero attached hydrogens (tertiary/aromatic N) is 2. The van der Waals surface area contributed by atoms with Crippen LogP contribution in [-0.2, 0) is 23.9 Å². The average molecular weight is 646 g/mol. The number of piperidine rings is 1. The summed E-state index contributed by atoms with van der Waals surface area (Å²) in [6.45, 7) is 16.9. The third-order valence-corrected chi connectivity index (χ3v) is 8.65. The molecule has 0 radical (unpaired) electrons. The van der Waals surface area contributed by atoms with Crippen molar-refractivity contribution in [2.24, 2.45) is 34.5 Å². The molecule has 0 aromatic carbocycles. The van der Waals surface area contributed by atoms with Crippen molar-refractivity contribution in [1.29, 1.82) is 5.26 Å². The molecule has 10 nitrogen and oxygen atoms in total. The van der Waals surface area contributed by atoms with Gasteiger partial charge >= 0.3 is 6.18 Å². The first-order valence-electron chi connectivity index (χ1n) is 15.8.